The molecule has 0 aromatic heterocycles. The van der Waals surface area contributed by atoms with Gasteiger partial charge in [0.25, 0.3) is 0 Å². The predicted octanol–water partition coefficient (Wildman–Crippen LogP) is 4.88. The number of hydrogen-bond donors (Lipinski definition) is 1. The van der Waals surface area contributed by atoms with Crippen LogP contribution in [0.4, 0.5) is 0 Å². The van der Waals surface area contributed by atoms with Gasteiger partial charge in [-0.2, -0.15) is 0 Å². The van der Waals surface area contributed by atoms with Crippen LogP contribution in [0.15, 0.2) is 42.5 Å². The number of rotatable bonds is 10. The summed E-state index contributed by atoms with van der Waals surface area (Å²) in [5.41, 5.74) is 1.66. The number of halogens is 2. The molecule has 0 heterocycles. The van der Waals surface area contributed by atoms with Crippen molar-refractivity contribution in [2.24, 2.45) is 0 Å². The summed E-state index contributed by atoms with van der Waals surface area (Å²) in [6.45, 7) is 4.73. The van der Waals surface area contributed by atoms with Crippen molar-refractivity contribution in [3.8, 4) is 5.75 Å². The van der Waals surface area contributed by atoms with Crippen molar-refractivity contribution < 1.29 is 14.3 Å². The van der Waals surface area contributed by atoms with Gasteiger partial charge in [-0.05, 0) is 48.2 Å². The zero-order chi connectivity index (χ0) is 22.1. The molecule has 7 heteroatoms. The van der Waals surface area contributed by atoms with Crippen molar-refractivity contribution in [3.63, 3.8) is 0 Å². The molecule has 0 aliphatic carbocycles. The maximum Gasteiger partial charge on any atom is 0.242 e. The largest absolute Gasteiger partial charge is 0.497 e. The molecular weight excluding hydrogens is 423 g/mol. The maximum absolute atomic E-state index is 13.3. The number of methoxy groups -OCH3 is 1. The van der Waals surface area contributed by atoms with Gasteiger partial charge in [-0.25, -0.2) is 0 Å². The van der Waals surface area contributed by atoms with Crippen molar-refractivity contribution in [1.29, 1.82) is 0 Å². The average molecular weight is 451 g/mol. The molecule has 2 aromatic carbocycles. The van der Waals surface area contributed by atoms with Crippen molar-refractivity contribution >= 4 is 35.0 Å². The zero-order valence-electron chi connectivity index (χ0n) is 17.6. The number of carbonyl (C=O) groups is 2. The molecule has 5 nitrogen and oxygen atoms in total. The van der Waals surface area contributed by atoms with Crippen molar-refractivity contribution in [3.05, 3.63) is 63.6 Å². The molecule has 0 aliphatic rings. The molecule has 0 radical (unpaired) electrons. The number of nitrogens with one attached hydrogen (secondary N) is 1. The second-order valence-electron chi connectivity index (χ2n) is 7.01. The number of carbonyl (C=O) groups excluding carboxylic acids is 2. The summed E-state index contributed by atoms with van der Waals surface area (Å²) in [7, 11) is 1.60. The van der Waals surface area contributed by atoms with Gasteiger partial charge in [-0.3, -0.25) is 9.59 Å². The van der Waals surface area contributed by atoms with Crippen LogP contribution in [0.3, 0.4) is 0 Å². The van der Waals surface area contributed by atoms with Gasteiger partial charge in [-0.15, -0.1) is 0 Å². The Morgan fingerprint density at radius 3 is 2.27 bits per heavy atom. The third kappa shape index (κ3) is 6.64. The van der Waals surface area contributed by atoms with Crippen molar-refractivity contribution in [2.45, 2.75) is 45.7 Å². The Labute approximate surface area is 188 Å². The Kier molecular flexibility index (Phi) is 9.47. The zero-order valence-corrected chi connectivity index (χ0v) is 19.1. The van der Waals surface area contributed by atoms with E-state index in [4.69, 9.17) is 27.9 Å². The highest BCUT2D eigenvalue weighted by molar-refractivity contribution is 6.42. The molecule has 2 rings (SSSR count). The van der Waals surface area contributed by atoms with Gasteiger partial charge < -0.3 is 15.0 Å². The fourth-order valence-corrected chi connectivity index (χ4v) is 3.46. The first-order chi connectivity index (χ1) is 14.4. The fourth-order valence-electron chi connectivity index (χ4n) is 3.14. The summed E-state index contributed by atoms with van der Waals surface area (Å²) >= 11 is 12.2. The summed E-state index contributed by atoms with van der Waals surface area (Å²) in [6.07, 6.45) is 1.52. The Morgan fingerprint density at radius 1 is 1.03 bits per heavy atom. The lowest BCUT2D eigenvalue weighted by atomic mass is 10.1. The molecule has 0 unspecified atom stereocenters. The lowest BCUT2D eigenvalue weighted by Crippen LogP contribution is -2.49. The van der Waals surface area contributed by atoms with E-state index in [1.807, 2.05) is 44.2 Å². The van der Waals surface area contributed by atoms with Crippen LogP contribution in [0.5, 0.6) is 5.75 Å². The van der Waals surface area contributed by atoms with E-state index in [0.717, 1.165) is 23.3 Å². The molecular formula is C23H28Cl2N2O3. The monoisotopic (exact) mass is 450 g/mol. The van der Waals surface area contributed by atoms with Crippen molar-refractivity contribution in [2.75, 3.05) is 13.7 Å². The summed E-state index contributed by atoms with van der Waals surface area (Å²) in [5.74, 6) is 0.441. The molecule has 0 fully saturated rings. The second-order valence-corrected chi connectivity index (χ2v) is 7.82. The fraction of sp³-hybridized carbons (Fsp3) is 0.391. The van der Waals surface area contributed by atoms with E-state index in [0.29, 0.717) is 23.0 Å². The number of nitrogens with zero attached hydrogens (tertiary/aromatic N) is 1. The van der Waals surface area contributed by atoms with Crippen LogP contribution in [0, 0.1) is 0 Å². The molecule has 0 bridgehead atoms. The minimum atomic E-state index is -0.572. The van der Waals surface area contributed by atoms with Crippen LogP contribution in [-0.4, -0.2) is 36.4 Å². The van der Waals surface area contributed by atoms with Gasteiger partial charge >= 0.3 is 0 Å². The maximum atomic E-state index is 13.3. The van der Waals surface area contributed by atoms with E-state index in [1.165, 1.54) is 0 Å². The van der Waals surface area contributed by atoms with E-state index in [9.17, 15) is 9.59 Å². The molecule has 162 valence electrons. The lowest BCUT2D eigenvalue weighted by Gasteiger charge is -2.31. The summed E-state index contributed by atoms with van der Waals surface area (Å²) in [6, 6.07) is 12.0. The Balaban J connectivity index is 2.28. The van der Waals surface area contributed by atoms with E-state index in [1.54, 1.807) is 24.1 Å². The third-order valence-electron chi connectivity index (χ3n) is 4.79. The van der Waals surface area contributed by atoms with E-state index >= 15 is 0 Å². The van der Waals surface area contributed by atoms with Crippen LogP contribution in [-0.2, 0) is 22.6 Å². The Morgan fingerprint density at radius 2 is 1.70 bits per heavy atom. The normalized spacial score (nSPS) is 11.6. The van der Waals surface area contributed by atoms with Crippen LogP contribution in [0.25, 0.3) is 0 Å². The number of hydrogen-bond acceptors (Lipinski definition) is 3. The molecule has 30 heavy (non-hydrogen) atoms. The van der Waals surface area contributed by atoms with Gasteiger partial charge in [0.2, 0.25) is 11.8 Å². The topological polar surface area (TPSA) is 58.6 Å². The third-order valence-corrected chi connectivity index (χ3v) is 5.53. The predicted molar refractivity (Wildman–Crippen MR) is 121 cm³/mol. The van der Waals surface area contributed by atoms with Crippen LogP contribution in [0.1, 0.15) is 37.8 Å². The van der Waals surface area contributed by atoms with Crippen LogP contribution >= 0.6 is 23.2 Å². The van der Waals surface area contributed by atoms with Crippen molar-refractivity contribution in [1.82, 2.24) is 10.2 Å². The van der Waals surface area contributed by atoms with Gasteiger partial charge in [0, 0.05) is 13.1 Å². The first kappa shape index (κ1) is 24.0. The molecule has 2 aromatic rings. The first-order valence-electron chi connectivity index (χ1n) is 10.0. The minimum absolute atomic E-state index is 0.135. The van der Waals surface area contributed by atoms with Crippen LogP contribution in [0.2, 0.25) is 10.0 Å². The molecule has 0 aliphatic heterocycles. The van der Waals surface area contributed by atoms with Gasteiger partial charge in [0.15, 0.2) is 0 Å². The SMILES string of the molecule is CCCNC(=O)[C@H](CC)N(Cc1ccc(Cl)c(Cl)c1)C(=O)Cc1ccc(OC)cc1. The highest BCUT2D eigenvalue weighted by atomic mass is 35.5. The Hall–Kier alpha value is -2.24. The smallest absolute Gasteiger partial charge is 0.242 e. The number of amides is 2. The summed E-state index contributed by atoms with van der Waals surface area (Å²) in [5, 5.41) is 3.77. The minimum Gasteiger partial charge on any atom is -0.497 e. The number of ether oxygens (including phenoxy) is 1. The molecule has 0 saturated carbocycles. The Bertz CT molecular complexity index is 856. The molecule has 0 spiro atoms. The van der Waals surface area contributed by atoms with Gasteiger partial charge in [0.05, 0.1) is 23.6 Å². The van der Waals surface area contributed by atoms with Gasteiger partial charge in [0.1, 0.15) is 11.8 Å². The highest BCUT2D eigenvalue weighted by Crippen LogP contribution is 2.24. The summed E-state index contributed by atoms with van der Waals surface area (Å²) < 4.78 is 5.17. The van der Waals surface area contributed by atoms with Gasteiger partial charge in [-0.1, -0.05) is 55.2 Å². The van der Waals surface area contributed by atoms with E-state index in [-0.39, 0.29) is 24.8 Å². The second kappa shape index (κ2) is 11.8. The summed E-state index contributed by atoms with van der Waals surface area (Å²) in [4.78, 5) is 27.6. The van der Waals surface area contributed by atoms with E-state index in [2.05, 4.69) is 5.32 Å². The average Bonchev–Trinajstić information content (AvgIpc) is 2.75. The quantitative estimate of drug-likeness (QED) is 0.560. The van der Waals surface area contributed by atoms with E-state index < -0.39 is 6.04 Å². The molecule has 0 saturated heterocycles. The standard InChI is InChI=1S/C23H28Cl2N2O3/c1-4-12-26-23(29)21(5-2)27(15-17-8-11-19(24)20(25)13-17)22(28)14-16-6-9-18(30-3)10-7-16/h6-11,13,21H,4-5,12,14-15H2,1-3H3,(H,26,29)/t21-/m0/s1. The molecule has 1 N–H and O–H groups in total. The molecule has 1 atom stereocenters. The molecule has 2 amide bonds. The lowest BCUT2D eigenvalue weighted by molar-refractivity contribution is -0.140. The van der Waals surface area contributed by atoms with Crippen LogP contribution < -0.4 is 10.1 Å². The number of benzene rings is 2. The highest BCUT2D eigenvalue weighted by Gasteiger charge is 2.28. The first-order valence-corrected chi connectivity index (χ1v) is 10.8.